The van der Waals surface area contributed by atoms with Gasteiger partial charge in [0.25, 0.3) is 5.91 Å². The van der Waals surface area contributed by atoms with E-state index in [0.29, 0.717) is 27.0 Å². The van der Waals surface area contributed by atoms with Crippen molar-refractivity contribution in [2.24, 2.45) is 0 Å². The van der Waals surface area contributed by atoms with E-state index in [-0.39, 0.29) is 11.5 Å². The van der Waals surface area contributed by atoms with Gasteiger partial charge in [0.2, 0.25) is 0 Å². The molecule has 30 heavy (non-hydrogen) atoms. The number of nitrogens with one attached hydrogen (secondary N) is 1. The Morgan fingerprint density at radius 3 is 2.47 bits per heavy atom. The fraction of sp³-hybridized carbons (Fsp3) is 0.0909. The molecule has 1 N–H and O–H groups in total. The molecule has 0 saturated heterocycles. The zero-order chi connectivity index (χ0) is 21.3. The van der Waals surface area contributed by atoms with Crippen molar-refractivity contribution in [3.05, 3.63) is 82.7 Å². The van der Waals surface area contributed by atoms with Crippen LogP contribution in [0.15, 0.2) is 60.8 Å². The van der Waals surface area contributed by atoms with Crippen molar-refractivity contribution in [1.29, 1.82) is 0 Å². The number of para-hydroxylation sites is 1. The largest absolute Gasteiger partial charge is 0.298 e. The molecule has 6 nitrogen and oxygen atoms in total. The number of rotatable bonds is 5. The molecule has 8 heteroatoms. The highest BCUT2D eigenvalue weighted by atomic mass is 32.1. The molecular weight excluding hydrogens is 403 g/mol. The average Bonchev–Trinajstić information content (AvgIpc) is 3.33. The lowest BCUT2D eigenvalue weighted by Gasteiger charge is -2.06. The van der Waals surface area contributed by atoms with Gasteiger partial charge in [0.15, 0.2) is 10.9 Å². The Kier molecular flexibility index (Phi) is 5.24. The number of halogens is 1. The Morgan fingerprint density at radius 1 is 1.07 bits per heavy atom. The first-order valence-corrected chi connectivity index (χ1v) is 9.95. The standard InChI is InChI=1S/C22H17FN4O2S/c1-13-16(12-24-27(13)18-11-7-6-10-17(18)23)21(29)26-22-25-19(20(30-22)14(2)28)15-8-4-3-5-9-15/h3-12H,1-2H3,(H,25,26,29). The number of hydrogen-bond donors (Lipinski definition) is 1. The fourth-order valence-electron chi connectivity index (χ4n) is 3.07. The molecule has 150 valence electrons. The smallest absolute Gasteiger partial charge is 0.260 e. The van der Waals surface area contributed by atoms with E-state index in [2.05, 4.69) is 15.4 Å². The summed E-state index contributed by atoms with van der Waals surface area (Å²) in [4.78, 5) is 29.8. The molecule has 1 amide bonds. The summed E-state index contributed by atoms with van der Waals surface area (Å²) in [6.07, 6.45) is 1.38. The predicted molar refractivity (Wildman–Crippen MR) is 114 cm³/mol. The molecule has 2 aromatic carbocycles. The maximum absolute atomic E-state index is 14.1. The second kappa shape index (κ2) is 8.00. The first-order chi connectivity index (χ1) is 14.5. The highest BCUT2D eigenvalue weighted by Gasteiger charge is 2.21. The molecule has 0 aliphatic rings. The van der Waals surface area contributed by atoms with Crippen molar-refractivity contribution >= 4 is 28.2 Å². The minimum atomic E-state index is -0.436. The average molecular weight is 420 g/mol. The van der Waals surface area contributed by atoms with E-state index in [1.807, 2.05) is 30.3 Å². The molecule has 2 aromatic heterocycles. The molecule has 0 fully saturated rings. The van der Waals surface area contributed by atoms with Gasteiger partial charge < -0.3 is 0 Å². The summed E-state index contributed by atoms with van der Waals surface area (Å²) in [5.74, 6) is -0.997. The molecule has 0 unspecified atom stereocenters. The van der Waals surface area contributed by atoms with Crippen molar-refractivity contribution in [3.8, 4) is 16.9 Å². The van der Waals surface area contributed by atoms with Gasteiger partial charge in [0, 0.05) is 12.5 Å². The Labute approximate surface area is 176 Å². The molecule has 0 bridgehead atoms. The topological polar surface area (TPSA) is 76.9 Å². The number of Topliss-reactive ketones (excluding diaryl/α,β-unsaturated/α-hetero) is 1. The Morgan fingerprint density at radius 2 is 1.77 bits per heavy atom. The van der Waals surface area contributed by atoms with Crippen LogP contribution >= 0.6 is 11.3 Å². The van der Waals surface area contributed by atoms with Crippen LogP contribution in [0.3, 0.4) is 0 Å². The summed E-state index contributed by atoms with van der Waals surface area (Å²) in [5.41, 5.74) is 2.36. The van der Waals surface area contributed by atoms with Gasteiger partial charge >= 0.3 is 0 Å². The maximum Gasteiger partial charge on any atom is 0.260 e. The second-order valence-corrected chi connectivity index (χ2v) is 7.58. The minimum Gasteiger partial charge on any atom is -0.298 e. The van der Waals surface area contributed by atoms with Crippen LogP contribution in [0.5, 0.6) is 0 Å². The molecule has 0 saturated carbocycles. The van der Waals surface area contributed by atoms with Gasteiger partial charge in [-0.05, 0) is 19.1 Å². The van der Waals surface area contributed by atoms with Gasteiger partial charge in [-0.1, -0.05) is 53.8 Å². The van der Waals surface area contributed by atoms with Crippen molar-refractivity contribution < 1.29 is 14.0 Å². The fourth-order valence-corrected chi connectivity index (χ4v) is 3.95. The maximum atomic E-state index is 14.1. The summed E-state index contributed by atoms with van der Waals surface area (Å²) < 4.78 is 15.5. The SMILES string of the molecule is CC(=O)c1sc(NC(=O)c2cnn(-c3ccccc3F)c2C)nc1-c1ccccc1. The number of benzene rings is 2. The third kappa shape index (κ3) is 3.65. The van der Waals surface area contributed by atoms with E-state index in [9.17, 15) is 14.0 Å². The van der Waals surface area contributed by atoms with E-state index in [4.69, 9.17) is 0 Å². The third-order valence-electron chi connectivity index (χ3n) is 4.55. The highest BCUT2D eigenvalue weighted by Crippen LogP contribution is 2.32. The highest BCUT2D eigenvalue weighted by molar-refractivity contribution is 7.18. The van der Waals surface area contributed by atoms with Gasteiger partial charge in [0.05, 0.1) is 28.0 Å². The van der Waals surface area contributed by atoms with Gasteiger partial charge in [-0.15, -0.1) is 0 Å². The number of hydrogen-bond acceptors (Lipinski definition) is 5. The molecule has 0 aliphatic carbocycles. The predicted octanol–water partition coefficient (Wildman–Crippen LogP) is 4.90. The van der Waals surface area contributed by atoms with E-state index < -0.39 is 11.7 Å². The van der Waals surface area contributed by atoms with Crippen LogP contribution in [-0.4, -0.2) is 26.5 Å². The lowest BCUT2D eigenvalue weighted by Crippen LogP contribution is -2.13. The summed E-state index contributed by atoms with van der Waals surface area (Å²) in [5, 5.41) is 7.19. The Bertz CT molecular complexity index is 1250. The number of ketones is 1. The minimum absolute atomic E-state index is 0.129. The summed E-state index contributed by atoms with van der Waals surface area (Å²) in [6.45, 7) is 3.15. The van der Waals surface area contributed by atoms with Crippen LogP contribution in [0.1, 0.15) is 32.6 Å². The van der Waals surface area contributed by atoms with Crippen LogP contribution in [0.2, 0.25) is 0 Å². The number of carbonyl (C=O) groups is 2. The Balaban J connectivity index is 1.64. The molecule has 0 atom stereocenters. The number of aromatic nitrogens is 3. The van der Waals surface area contributed by atoms with E-state index >= 15 is 0 Å². The van der Waals surface area contributed by atoms with Crippen molar-refractivity contribution in [3.63, 3.8) is 0 Å². The summed E-state index contributed by atoms with van der Waals surface area (Å²) in [6, 6.07) is 15.5. The summed E-state index contributed by atoms with van der Waals surface area (Å²) in [7, 11) is 0. The van der Waals surface area contributed by atoms with Crippen LogP contribution in [0, 0.1) is 12.7 Å². The van der Waals surface area contributed by atoms with Gasteiger partial charge in [-0.3, -0.25) is 14.9 Å². The van der Waals surface area contributed by atoms with E-state index in [1.54, 1.807) is 25.1 Å². The molecule has 0 aliphatic heterocycles. The van der Waals surface area contributed by atoms with Crippen molar-refractivity contribution in [1.82, 2.24) is 14.8 Å². The third-order valence-corrected chi connectivity index (χ3v) is 5.62. The van der Waals surface area contributed by atoms with Crippen molar-refractivity contribution in [2.45, 2.75) is 13.8 Å². The normalized spacial score (nSPS) is 10.8. The van der Waals surface area contributed by atoms with Gasteiger partial charge in [-0.25, -0.2) is 14.1 Å². The van der Waals surface area contributed by atoms with Crippen LogP contribution in [0.25, 0.3) is 16.9 Å². The number of anilines is 1. The van der Waals surface area contributed by atoms with Crippen LogP contribution in [-0.2, 0) is 0 Å². The number of amides is 1. The zero-order valence-electron chi connectivity index (χ0n) is 16.2. The van der Waals surface area contributed by atoms with Crippen LogP contribution < -0.4 is 5.32 Å². The molecule has 4 rings (SSSR count). The molecule has 2 heterocycles. The van der Waals surface area contributed by atoms with Crippen LogP contribution in [0.4, 0.5) is 9.52 Å². The quantitative estimate of drug-likeness (QED) is 0.466. The van der Waals surface area contributed by atoms with E-state index in [0.717, 1.165) is 16.9 Å². The molecular formula is C22H17FN4O2S. The summed E-state index contributed by atoms with van der Waals surface area (Å²) >= 11 is 1.12. The lowest BCUT2D eigenvalue weighted by atomic mass is 10.1. The number of nitrogens with zero attached hydrogens (tertiary/aromatic N) is 3. The van der Waals surface area contributed by atoms with E-state index in [1.165, 1.54) is 23.9 Å². The van der Waals surface area contributed by atoms with Gasteiger partial charge in [-0.2, -0.15) is 5.10 Å². The first kappa shape index (κ1) is 19.7. The number of carbonyl (C=O) groups excluding carboxylic acids is 2. The lowest BCUT2D eigenvalue weighted by molar-refractivity contribution is 0.101. The van der Waals surface area contributed by atoms with Crippen molar-refractivity contribution in [2.75, 3.05) is 5.32 Å². The first-order valence-electron chi connectivity index (χ1n) is 9.13. The molecule has 4 aromatic rings. The monoisotopic (exact) mass is 420 g/mol. The van der Waals surface area contributed by atoms with Gasteiger partial charge in [0.1, 0.15) is 11.5 Å². The number of thiazole rings is 1. The Hall–Kier alpha value is -3.65. The molecule has 0 radical (unpaired) electrons. The molecule has 0 spiro atoms. The second-order valence-electron chi connectivity index (χ2n) is 6.58. The zero-order valence-corrected chi connectivity index (χ0v) is 17.0.